The molecular weight excluding hydrogens is 537 g/mol. The van der Waals surface area contributed by atoms with E-state index < -0.39 is 30.4 Å². The van der Waals surface area contributed by atoms with Crippen LogP contribution in [0.15, 0.2) is 59.8 Å². The van der Waals surface area contributed by atoms with Crippen molar-refractivity contribution in [1.29, 1.82) is 5.26 Å². The van der Waals surface area contributed by atoms with Gasteiger partial charge in [-0.05, 0) is 48.7 Å². The van der Waals surface area contributed by atoms with Crippen molar-refractivity contribution in [2.24, 2.45) is 5.41 Å². The van der Waals surface area contributed by atoms with E-state index in [1.807, 2.05) is 13.0 Å². The van der Waals surface area contributed by atoms with Gasteiger partial charge in [-0.1, -0.05) is 25.1 Å². The molecule has 1 aliphatic carbocycles. The van der Waals surface area contributed by atoms with E-state index in [0.717, 1.165) is 17.0 Å². The van der Waals surface area contributed by atoms with E-state index in [9.17, 15) is 32.8 Å². The minimum atomic E-state index is -4.64. The molecule has 0 aromatic heterocycles. The van der Waals surface area contributed by atoms with Crippen molar-refractivity contribution >= 4 is 23.4 Å². The van der Waals surface area contributed by atoms with Gasteiger partial charge in [0, 0.05) is 36.7 Å². The third-order valence-corrected chi connectivity index (χ3v) is 7.76. The number of hydrogen-bond donors (Lipinski definition) is 0. The molecule has 3 amide bonds. The third kappa shape index (κ3) is 5.44. The summed E-state index contributed by atoms with van der Waals surface area (Å²) in [6.45, 7) is 2.96. The highest BCUT2D eigenvalue weighted by Gasteiger charge is 2.46. The van der Waals surface area contributed by atoms with Crippen molar-refractivity contribution in [3.8, 4) is 6.07 Å². The maximum atomic E-state index is 14.2. The minimum absolute atomic E-state index is 0.0322. The molecule has 1 saturated heterocycles. The number of benzene rings is 2. The maximum absolute atomic E-state index is 14.2. The summed E-state index contributed by atoms with van der Waals surface area (Å²) < 4.78 is 46.1. The Morgan fingerprint density at radius 3 is 2.46 bits per heavy atom. The van der Waals surface area contributed by atoms with Crippen LogP contribution in [-0.2, 0) is 20.5 Å². The number of rotatable bonds is 6. The number of amides is 3. The predicted molar refractivity (Wildman–Crippen MR) is 142 cm³/mol. The number of nitriles is 1. The summed E-state index contributed by atoms with van der Waals surface area (Å²) in [5, 5.41) is 9.28. The zero-order valence-corrected chi connectivity index (χ0v) is 22.7. The van der Waals surface area contributed by atoms with Crippen molar-refractivity contribution in [3.63, 3.8) is 0 Å². The lowest BCUT2D eigenvalue weighted by atomic mass is 9.83. The normalized spacial score (nSPS) is 20.3. The van der Waals surface area contributed by atoms with E-state index in [-0.39, 0.29) is 34.8 Å². The molecule has 8 nitrogen and oxygen atoms in total. The Labute approximate surface area is 235 Å². The average molecular weight is 567 g/mol. The topological polar surface area (TPSA) is 93.9 Å². The monoisotopic (exact) mass is 566 g/mol. The molecule has 11 heteroatoms. The number of nitrogens with zero attached hydrogens (tertiary/aromatic N) is 4. The molecule has 2 aromatic rings. The first-order valence-corrected chi connectivity index (χ1v) is 13.3. The number of Topliss-reactive ketones (excluding diaryl/α,β-unsaturated/α-hetero) is 1. The van der Waals surface area contributed by atoms with Gasteiger partial charge in [0.2, 0.25) is 5.91 Å². The number of ether oxygens (including phenoxy) is 1. The number of ketones is 1. The van der Waals surface area contributed by atoms with Crippen LogP contribution in [0.1, 0.15) is 48.9 Å². The molecular formula is C30H29F3N4O4. The van der Waals surface area contributed by atoms with Crippen LogP contribution in [-0.4, -0.2) is 60.9 Å². The summed E-state index contributed by atoms with van der Waals surface area (Å²) in [4.78, 5) is 45.1. The van der Waals surface area contributed by atoms with E-state index in [4.69, 9.17) is 4.74 Å². The van der Waals surface area contributed by atoms with Gasteiger partial charge >= 0.3 is 12.2 Å². The van der Waals surface area contributed by atoms with Gasteiger partial charge < -0.3 is 14.5 Å². The second-order valence-electron chi connectivity index (χ2n) is 11.1. The molecule has 0 N–H and O–H groups in total. The van der Waals surface area contributed by atoms with Crippen LogP contribution in [0, 0.1) is 16.7 Å². The molecule has 3 aliphatic rings. The van der Waals surface area contributed by atoms with Crippen LogP contribution >= 0.6 is 0 Å². The molecule has 0 saturated carbocycles. The van der Waals surface area contributed by atoms with Gasteiger partial charge in [0.1, 0.15) is 6.54 Å². The van der Waals surface area contributed by atoms with Crippen molar-refractivity contribution in [2.75, 3.05) is 38.3 Å². The number of urea groups is 1. The van der Waals surface area contributed by atoms with E-state index >= 15 is 0 Å². The molecule has 0 bridgehead atoms. The highest BCUT2D eigenvalue weighted by atomic mass is 19.4. The Bertz CT molecular complexity index is 1460. The van der Waals surface area contributed by atoms with E-state index in [1.54, 1.807) is 31.3 Å². The Balaban J connectivity index is 1.62. The number of carbonyl (C=O) groups is 3. The first-order valence-electron chi connectivity index (χ1n) is 13.3. The Kier molecular flexibility index (Phi) is 7.38. The molecule has 5 rings (SSSR count). The van der Waals surface area contributed by atoms with Crippen molar-refractivity contribution < 1.29 is 32.3 Å². The number of hydrogen-bond acceptors (Lipinski definition) is 5. The number of likely N-dealkylation sites (N-methyl/N-ethyl adjacent to an activating group) is 1. The Morgan fingerprint density at radius 1 is 1.15 bits per heavy atom. The molecule has 0 radical (unpaired) electrons. The molecule has 2 heterocycles. The third-order valence-electron chi connectivity index (χ3n) is 7.76. The maximum Gasteiger partial charge on any atom is 0.416 e. The van der Waals surface area contributed by atoms with Crippen molar-refractivity contribution in [2.45, 2.75) is 38.4 Å². The smallest absolute Gasteiger partial charge is 0.380 e. The molecule has 1 atom stereocenters. The SMILES string of the molecule is CN(CC1(C)COC1)C(=O)CN1C(=O)N(c2cccc(C(F)(F)F)c2)C2=C(C(=O)CCC2)C1c1ccc(C#N)cc1. The second-order valence-corrected chi connectivity index (χ2v) is 11.1. The molecule has 1 fully saturated rings. The summed E-state index contributed by atoms with van der Waals surface area (Å²) in [5.74, 6) is -0.628. The van der Waals surface area contributed by atoms with Gasteiger partial charge in [0.05, 0.1) is 42.1 Å². The van der Waals surface area contributed by atoms with Gasteiger partial charge in [-0.15, -0.1) is 0 Å². The molecule has 214 valence electrons. The Morgan fingerprint density at radius 2 is 1.85 bits per heavy atom. The lowest BCUT2D eigenvalue weighted by molar-refractivity contribution is -0.142. The largest absolute Gasteiger partial charge is 0.416 e. The fraction of sp³-hybridized carbons (Fsp3) is 0.400. The van der Waals surface area contributed by atoms with Crippen molar-refractivity contribution in [1.82, 2.24) is 9.80 Å². The number of anilines is 1. The highest BCUT2D eigenvalue weighted by molar-refractivity contribution is 6.07. The first-order chi connectivity index (χ1) is 19.4. The Hall–Kier alpha value is -4.17. The zero-order valence-electron chi connectivity index (χ0n) is 22.7. The number of halogens is 3. The van der Waals surface area contributed by atoms with Gasteiger partial charge in [-0.25, -0.2) is 4.79 Å². The predicted octanol–water partition coefficient (Wildman–Crippen LogP) is 5.06. The van der Waals surface area contributed by atoms with E-state index in [0.29, 0.717) is 49.4 Å². The number of carbonyl (C=O) groups excluding carboxylic acids is 3. The molecule has 1 unspecified atom stereocenters. The molecule has 2 aromatic carbocycles. The fourth-order valence-electron chi connectivity index (χ4n) is 5.70. The van der Waals surface area contributed by atoms with Crippen molar-refractivity contribution in [3.05, 3.63) is 76.5 Å². The summed E-state index contributed by atoms with van der Waals surface area (Å²) in [5.41, 5.74) is 0.323. The van der Waals surface area contributed by atoms with Gasteiger partial charge in [-0.3, -0.25) is 14.5 Å². The van der Waals surface area contributed by atoms with Crippen LogP contribution in [0.25, 0.3) is 0 Å². The molecule has 41 heavy (non-hydrogen) atoms. The van der Waals surface area contributed by atoms with E-state index in [2.05, 4.69) is 0 Å². The summed E-state index contributed by atoms with van der Waals surface area (Å²) in [6.07, 6.45) is -3.70. The number of allylic oxidation sites excluding steroid dienone is 1. The minimum Gasteiger partial charge on any atom is -0.380 e. The van der Waals surface area contributed by atoms with Gasteiger partial charge in [-0.2, -0.15) is 18.4 Å². The summed E-state index contributed by atoms with van der Waals surface area (Å²) in [7, 11) is 1.62. The summed E-state index contributed by atoms with van der Waals surface area (Å²) >= 11 is 0. The van der Waals surface area contributed by atoms with Crippen LogP contribution < -0.4 is 4.90 Å². The number of alkyl halides is 3. The van der Waals surface area contributed by atoms with Gasteiger partial charge in [0.15, 0.2) is 5.78 Å². The van der Waals surface area contributed by atoms with E-state index in [1.165, 1.54) is 21.9 Å². The zero-order chi connectivity index (χ0) is 29.5. The quantitative estimate of drug-likeness (QED) is 0.487. The van der Waals surface area contributed by atoms with Crippen LogP contribution in [0.5, 0.6) is 0 Å². The molecule has 2 aliphatic heterocycles. The summed E-state index contributed by atoms with van der Waals surface area (Å²) in [6, 6.07) is 11.2. The van der Waals surface area contributed by atoms with Gasteiger partial charge in [0.25, 0.3) is 0 Å². The average Bonchev–Trinajstić information content (AvgIpc) is 2.92. The lowest BCUT2D eigenvalue weighted by Gasteiger charge is -2.46. The molecule has 0 spiro atoms. The standard InChI is InChI=1S/C30H29F3N4O4/c1-29(17-41-18-29)16-35(2)25(39)15-36-27(20-11-9-19(14-34)10-12-20)26-23(7-4-8-24(26)38)37(28(36)40)22-6-3-5-21(13-22)30(31,32)33/h3,5-6,9-13,27H,4,7-8,15-18H2,1-2H3. The van der Waals surface area contributed by atoms with Crippen LogP contribution in [0.4, 0.5) is 23.7 Å². The van der Waals surface area contributed by atoms with Crippen LogP contribution in [0.2, 0.25) is 0 Å². The highest BCUT2D eigenvalue weighted by Crippen LogP contribution is 2.44. The first kappa shape index (κ1) is 28.4. The second kappa shape index (κ2) is 10.7. The van der Waals surface area contributed by atoms with Crippen LogP contribution in [0.3, 0.4) is 0 Å². The lowest BCUT2D eigenvalue weighted by Crippen LogP contribution is -2.56. The fourth-order valence-corrected chi connectivity index (χ4v) is 5.70.